The highest BCUT2D eigenvalue weighted by Crippen LogP contribution is 2.25. The van der Waals surface area contributed by atoms with Gasteiger partial charge in [-0.2, -0.15) is 0 Å². The Morgan fingerprint density at radius 1 is 1.22 bits per heavy atom. The molecular formula is C17H24N2O3S. The standard InChI is InChI=1S/C17H24N2O3S/c20-17(15-8-11-23(21,22)13-15)18-12-16(19-9-4-5-10-19)14-6-2-1-3-7-14/h1-3,6-7,15-16H,4-5,8-13H2,(H,18,20)/t15-,16-/m1/s1. The first-order valence-electron chi connectivity index (χ1n) is 8.32. The van der Waals surface area contributed by atoms with Crippen LogP contribution in [0, 0.1) is 5.92 Å². The van der Waals surface area contributed by atoms with Crippen molar-refractivity contribution in [1.29, 1.82) is 0 Å². The van der Waals surface area contributed by atoms with Crippen molar-refractivity contribution in [2.24, 2.45) is 5.92 Å². The van der Waals surface area contributed by atoms with E-state index in [0.29, 0.717) is 13.0 Å². The molecule has 2 atom stereocenters. The van der Waals surface area contributed by atoms with E-state index in [2.05, 4.69) is 22.3 Å². The number of hydrogen-bond donors (Lipinski definition) is 1. The third kappa shape index (κ3) is 4.12. The van der Waals surface area contributed by atoms with E-state index in [-0.39, 0.29) is 29.4 Å². The number of nitrogens with one attached hydrogen (secondary N) is 1. The summed E-state index contributed by atoms with van der Waals surface area (Å²) in [5, 5.41) is 2.99. The molecule has 0 radical (unpaired) electrons. The summed E-state index contributed by atoms with van der Waals surface area (Å²) in [7, 11) is -3.02. The Morgan fingerprint density at radius 3 is 2.52 bits per heavy atom. The molecule has 6 heteroatoms. The van der Waals surface area contributed by atoms with Crippen molar-refractivity contribution >= 4 is 15.7 Å². The molecule has 1 amide bonds. The molecule has 0 saturated carbocycles. The van der Waals surface area contributed by atoms with Gasteiger partial charge < -0.3 is 5.32 Å². The van der Waals surface area contributed by atoms with E-state index in [1.54, 1.807) is 0 Å². The van der Waals surface area contributed by atoms with Crippen LogP contribution < -0.4 is 5.32 Å². The third-order valence-electron chi connectivity index (χ3n) is 4.84. The Labute approximate surface area is 138 Å². The monoisotopic (exact) mass is 336 g/mol. The highest BCUT2D eigenvalue weighted by Gasteiger charge is 2.33. The molecule has 23 heavy (non-hydrogen) atoms. The van der Waals surface area contributed by atoms with Crippen molar-refractivity contribution in [3.05, 3.63) is 35.9 Å². The summed E-state index contributed by atoms with van der Waals surface area (Å²) >= 11 is 0. The maximum atomic E-state index is 12.3. The smallest absolute Gasteiger partial charge is 0.224 e. The summed E-state index contributed by atoms with van der Waals surface area (Å²) < 4.78 is 23.1. The van der Waals surface area contributed by atoms with Crippen LogP contribution in [0.3, 0.4) is 0 Å². The second-order valence-corrected chi connectivity index (χ2v) is 8.74. The maximum absolute atomic E-state index is 12.3. The molecule has 0 spiro atoms. The highest BCUT2D eigenvalue weighted by molar-refractivity contribution is 7.91. The lowest BCUT2D eigenvalue weighted by atomic mass is 10.0. The van der Waals surface area contributed by atoms with E-state index in [9.17, 15) is 13.2 Å². The molecule has 2 aliphatic rings. The molecule has 0 aliphatic carbocycles. The van der Waals surface area contributed by atoms with Gasteiger partial charge in [-0.3, -0.25) is 9.69 Å². The summed E-state index contributed by atoms with van der Waals surface area (Å²) in [4.78, 5) is 14.7. The Balaban J connectivity index is 1.64. The minimum Gasteiger partial charge on any atom is -0.354 e. The van der Waals surface area contributed by atoms with Crippen molar-refractivity contribution in [3.8, 4) is 0 Å². The zero-order valence-electron chi connectivity index (χ0n) is 13.3. The lowest BCUT2D eigenvalue weighted by Crippen LogP contribution is -2.39. The normalized spacial score (nSPS) is 25.3. The third-order valence-corrected chi connectivity index (χ3v) is 6.61. The van der Waals surface area contributed by atoms with Crippen molar-refractivity contribution in [3.63, 3.8) is 0 Å². The van der Waals surface area contributed by atoms with Crippen molar-refractivity contribution < 1.29 is 13.2 Å². The predicted molar refractivity (Wildman–Crippen MR) is 89.8 cm³/mol. The number of benzene rings is 1. The topological polar surface area (TPSA) is 66.5 Å². The van der Waals surface area contributed by atoms with Gasteiger partial charge in [-0.05, 0) is 37.9 Å². The average Bonchev–Trinajstić information content (AvgIpc) is 3.18. The molecule has 2 heterocycles. The van der Waals surface area contributed by atoms with Crippen LogP contribution in [0.5, 0.6) is 0 Å². The average molecular weight is 336 g/mol. The van der Waals surface area contributed by atoms with Crippen molar-refractivity contribution in [2.45, 2.75) is 25.3 Å². The number of carbonyl (C=O) groups excluding carboxylic acids is 1. The molecule has 1 aromatic rings. The van der Waals surface area contributed by atoms with Crippen LogP contribution in [0.2, 0.25) is 0 Å². The van der Waals surface area contributed by atoms with Crippen LogP contribution in [-0.2, 0) is 14.6 Å². The van der Waals surface area contributed by atoms with E-state index >= 15 is 0 Å². The van der Waals surface area contributed by atoms with Gasteiger partial charge in [0.15, 0.2) is 9.84 Å². The van der Waals surface area contributed by atoms with E-state index in [1.807, 2.05) is 18.2 Å². The number of sulfone groups is 1. The SMILES string of the molecule is O=C(NC[C@H](c1ccccc1)N1CCCC1)[C@@H]1CCS(=O)(=O)C1. The van der Waals surface area contributed by atoms with E-state index in [4.69, 9.17) is 0 Å². The zero-order valence-corrected chi connectivity index (χ0v) is 14.1. The molecule has 2 aliphatic heterocycles. The lowest BCUT2D eigenvalue weighted by molar-refractivity contribution is -0.124. The predicted octanol–water partition coefficient (Wildman–Crippen LogP) is 1.37. The van der Waals surface area contributed by atoms with Gasteiger partial charge in [0.1, 0.15) is 0 Å². The summed E-state index contributed by atoms with van der Waals surface area (Å²) in [6, 6.07) is 10.4. The Morgan fingerprint density at radius 2 is 1.91 bits per heavy atom. The second-order valence-electron chi connectivity index (χ2n) is 6.51. The summed E-state index contributed by atoms with van der Waals surface area (Å²) in [6.07, 6.45) is 2.84. The fourth-order valence-electron chi connectivity index (χ4n) is 3.53. The maximum Gasteiger partial charge on any atom is 0.224 e. The summed E-state index contributed by atoms with van der Waals surface area (Å²) in [5.74, 6) is -0.362. The van der Waals surface area contributed by atoms with Gasteiger partial charge in [0.25, 0.3) is 0 Å². The first-order chi connectivity index (χ1) is 11.1. The zero-order chi connectivity index (χ0) is 16.3. The van der Waals surface area contributed by atoms with Gasteiger partial charge in [-0.15, -0.1) is 0 Å². The number of nitrogens with zero attached hydrogens (tertiary/aromatic N) is 1. The minimum atomic E-state index is -3.02. The van der Waals surface area contributed by atoms with Crippen LogP contribution in [0.15, 0.2) is 30.3 Å². The van der Waals surface area contributed by atoms with Gasteiger partial charge in [0.2, 0.25) is 5.91 Å². The van der Waals surface area contributed by atoms with Crippen molar-refractivity contribution in [1.82, 2.24) is 10.2 Å². The van der Waals surface area contributed by atoms with Gasteiger partial charge in [0, 0.05) is 6.54 Å². The van der Waals surface area contributed by atoms with Crippen LogP contribution >= 0.6 is 0 Å². The first-order valence-corrected chi connectivity index (χ1v) is 10.1. The van der Waals surface area contributed by atoms with E-state index in [1.165, 1.54) is 18.4 Å². The molecule has 1 N–H and O–H groups in total. The van der Waals surface area contributed by atoms with Crippen LogP contribution in [0.4, 0.5) is 0 Å². The van der Waals surface area contributed by atoms with E-state index < -0.39 is 9.84 Å². The molecular weight excluding hydrogens is 312 g/mol. The number of carbonyl (C=O) groups is 1. The number of hydrogen-bond acceptors (Lipinski definition) is 4. The van der Waals surface area contributed by atoms with E-state index in [0.717, 1.165) is 13.1 Å². The van der Waals surface area contributed by atoms with Crippen LogP contribution in [0.1, 0.15) is 30.9 Å². The molecule has 0 aromatic heterocycles. The highest BCUT2D eigenvalue weighted by atomic mass is 32.2. The second kappa shape index (κ2) is 7.01. The molecule has 126 valence electrons. The Kier molecular flexibility index (Phi) is 5.02. The molecule has 2 fully saturated rings. The Hall–Kier alpha value is -1.40. The molecule has 1 aromatic carbocycles. The van der Waals surface area contributed by atoms with Crippen LogP contribution in [-0.4, -0.2) is 50.4 Å². The fraction of sp³-hybridized carbons (Fsp3) is 0.588. The molecule has 0 bridgehead atoms. The van der Waals surface area contributed by atoms with Crippen molar-refractivity contribution in [2.75, 3.05) is 31.1 Å². The number of likely N-dealkylation sites (tertiary alicyclic amines) is 1. The molecule has 2 saturated heterocycles. The van der Waals surface area contributed by atoms with Crippen LogP contribution in [0.25, 0.3) is 0 Å². The van der Waals surface area contributed by atoms with Gasteiger partial charge in [-0.1, -0.05) is 30.3 Å². The van der Waals surface area contributed by atoms with Gasteiger partial charge in [-0.25, -0.2) is 8.42 Å². The Bertz CT molecular complexity index is 639. The molecule has 3 rings (SSSR count). The van der Waals surface area contributed by atoms with Gasteiger partial charge >= 0.3 is 0 Å². The first kappa shape index (κ1) is 16.5. The number of amides is 1. The fourth-order valence-corrected chi connectivity index (χ4v) is 5.27. The molecule has 0 unspecified atom stereocenters. The van der Waals surface area contributed by atoms with Gasteiger partial charge in [0.05, 0.1) is 23.5 Å². The summed E-state index contributed by atoms with van der Waals surface area (Å²) in [5.41, 5.74) is 1.20. The lowest BCUT2D eigenvalue weighted by Gasteiger charge is -2.28. The summed E-state index contributed by atoms with van der Waals surface area (Å²) in [6.45, 7) is 2.64. The largest absolute Gasteiger partial charge is 0.354 e. The minimum absolute atomic E-state index is 0.00144. The molecule has 5 nitrogen and oxygen atoms in total. The quantitative estimate of drug-likeness (QED) is 0.882. The number of rotatable bonds is 5.